The number of benzene rings is 1. The fourth-order valence-corrected chi connectivity index (χ4v) is 3.90. The van der Waals surface area contributed by atoms with Gasteiger partial charge in [0, 0.05) is 5.69 Å². The Kier molecular flexibility index (Phi) is 4.14. The van der Waals surface area contributed by atoms with Crippen molar-refractivity contribution in [2.75, 3.05) is 26.3 Å². The lowest BCUT2D eigenvalue weighted by Gasteiger charge is -2.24. The molecule has 4 rings (SSSR count). The number of nitrogens with one attached hydrogen (secondary N) is 1. The average molecular weight is 357 g/mol. The molecule has 8 heteroatoms. The number of hydrazone groups is 1. The van der Waals surface area contributed by atoms with Crippen LogP contribution in [0.15, 0.2) is 34.2 Å². The number of fused-ring (bicyclic) bond motifs is 1. The molecular formula is C17H19N5O2S. The Morgan fingerprint density at radius 2 is 2.08 bits per heavy atom. The highest BCUT2D eigenvalue weighted by molar-refractivity contribution is 7.20. The van der Waals surface area contributed by atoms with Crippen LogP contribution >= 0.6 is 11.3 Å². The van der Waals surface area contributed by atoms with Gasteiger partial charge in [-0.3, -0.25) is 14.9 Å². The van der Waals surface area contributed by atoms with Crippen LogP contribution in [-0.4, -0.2) is 51.8 Å². The van der Waals surface area contributed by atoms with Crippen molar-refractivity contribution in [3.63, 3.8) is 0 Å². The van der Waals surface area contributed by atoms with Crippen molar-refractivity contribution in [2.24, 2.45) is 5.10 Å². The lowest BCUT2D eigenvalue weighted by molar-refractivity contribution is 0.0393. The predicted molar refractivity (Wildman–Crippen MR) is 98.9 cm³/mol. The molecular weight excluding hydrogens is 338 g/mol. The lowest BCUT2D eigenvalue weighted by Crippen LogP contribution is -2.33. The van der Waals surface area contributed by atoms with Crippen LogP contribution < -0.4 is 5.56 Å². The minimum atomic E-state index is -0.119. The first-order valence-electron chi connectivity index (χ1n) is 8.19. The van der Waals surface area contributed by atoms with Crippen molar-refractivity contribution in [1.29, 1.82) is 0 Å². The number of para-hydroxylation sites is 1. The van der Waals surface area contributed by atoms with E-state index in [1.807, 2.05) is 43.1 Å². The van der Waals surface area contributed by atoms with Crippen LogP contribution in [0.2, 0.25) is 0 Å². The standard InChI is InChI=1S/C17H19N5O2S/c1-11(19-21-7-9-24-10-8-21)15-12(2)20-22(16(15)23)17-18-13-5-3-4-6-14(13)25-17/h3-6,20H,7-10H2,1-2H3. The number of aryl methyl sites for hydroxylation is 1. The summed E-state index contributed by atoms with van der Waals surface area (Å²) < 4.78 is 7.90. The van der Waals surface area contributed by atoms with Crippen LogP contribution in [-0.2, 0) is 4.74 Å². The second-order valence-electron chi connectivity index (χ2n) is 5.97. The molecule has 1 aliphatic heterocycles. The van der Waals surface area contributed by atoms with E-state index >= 15 is 0 Å². The van der Waals surface area contributed by atoms with Gasteiger partial charge in [-0.25, -0.2) is 4.98 Å². The van der Waals surface area contributed by atoms with Gasteiger partial charge in [-0.2, -0.15) is 9.78 Å². The molecule has 0 atom stereocenters. The summed E-state index contributed by atoms with van der Waals surface area (Å²) in [5, 5.41) is 10.3. The van der Waals surface area contributed by atoms with Crippen LogP contribution in [0.5, 0.6) is 0 Å². The smallest absolute Gasteiger partial charge is 0.282 e. The third-order valence-corrected chi connectivity index (χ3v) is 5.21. The van der Waals surface area contributed by atoms with Crippen LogP contribution in [0, 0.1) is 6.92 Å². The third kappa shape index (κ3) is 2.98. The molecule has 25 heavy (non-hydrogen) atoms. The molecule has 0 amide bonds. The Bertz CT molecular complexity index is 961. The Hall–Kier alpha value is -2.45. The molecule has 0 aliphatic carbocycles. The summed E-state index contributed by atoms with van der Waals surface area (Å²) in [4.78, 5) is 17.5. The van der Waals surface area contributed by atoms with Crippen molar-refractivity contribution in [1.82, 2.24) is 19.8 Å². The van der Waals surface area contributed by atoms with E-state index in [0.29, 0.717) is 29.6 Å². The molecule has 0 unspecified atom stereocenters. The van der Waals surface area contributed by atoms with Gasteiger partial charge in [0.05, 0.1) is 47.8 Å². The van der Waals surface area contributed by atoms with Gasteiger partial charge in [0.25, 0.3) is 5.56 Å². The van der Waals surface area contributed by atoms with E-state index in [1.165, 1.54) is 16.0 Å². The summed E-state index contributed by atoms with van der Waals surface area (Å²) in [5.41, 5.74) is 2.87. The number of H-pyrrole nitrogens is 1. The van der Waals surface area contributed by atoms with Crippen molar-refractivity contribution in [3.8, 4) is 5.13 Å². The minimum absolute atomic E-state index is 0.119. The zero-order valence-electron chi connectivity index (χ0n) is 14.2. The van der Waals surface area contributed by atoms with Crippen molar-refractivity contribution in [2.45, 2.75) is 13.8 Å². The molecule has 3 aromatic rings. The van der Waals surface area contributed by atoms with Gasteiger partial charge in [-0.1, -0.05) is 23.5 Å². The molecule has 3 heterocycles. The summed E-state index contributed by atoms with van der Waals surface area (Å²) in [7, 11) is 0. The van der Waals surface area contributed by atoms with Crippen LogP contribution in [0.3, 0.4) is 0 Å². The second-order valence-corrected chi connectivity index (χ2v) is 6.98. The average Bonchev–Trinajstić information content (AvgIpc) is 3.16. The van der Waals surface area contributed by atoms with Gasteiger partial charge in [0.2, 0.25) is 5.13 Å². The predicted octanol–water partition coefficient (Wildman–Crippen LogP) is 2.14. The highest BCUT2D eigenvalue weighted by atomic mass is 32.1. The van der Waals surface area contributed by atoms with E-state index in [1.54, 1.807) is 0 Å². The largest absolute Gasteiger partial charge is 0.378 e. The van der Waals surface area contributed by atoms with Crippen LogP contribution in [0.4, 0.5) is 0 Å². The molecule has 7 nitrogen and oxygen atoms in total. The maximum absolute atomic E-state index is 12.9. The Labute approximate surface area is 148 Å². The topological polar surface area (TPSA) is 75.5 Å². The molecule has 0 saturated carbocycles. The summed E-state index contributed by atoms with van der Waals surface area (Å²) in [6, 6.07) is 7.86. The molecule has 0 radical (unpaired) electrons. The summed E-state index contributed by atoms with van der Waals surface area (Å²) >= 11 is 1.49. The Morgan fingerprint density at radius 3 is 2.84 bits per heavy atom. The molecule has 1 fully saturated rings. The molecule has 1 aromatic carbocycles. The number of hydrogen-bond acceptors (Lipinski definition) is 6. The minimum Gasteiger partial charge on any atom is -0.378 e. The zero-order valence-corrected chi connectivity index (χ0v) is 15.0. The van der Waals surface area contributed by atoms with Gasteiger partial charge in [-0.15, -0.1) is 0 Å². The molecule has 2 aromatic heterocycles. The van der Waals surface area contributed by atoms with Gasteiger partial charge >= 0.3 is 0 Å². The zero-order chi connectivity index (χ0) is 17.4. The van der Waals surface area contributed by atoms with E-state index in [2.05, 4.69) is 15.2 Å². The van der Waals surface area contributed by atoms with Crippen molar-refractivity contribution in [3.05, 3.63) is 45.9 Å². The van der Waals surface area contributed by atoms with E-state index in [9.17, 15) is 4.79 Å². The van der Waals surface area contributed by atoms with E-state index in [-0.39, 0.29) is 5.56 Å². The molecule has 130 valence electrons. The monoisotopic (exact) mass is 357 g/mol. The normalized spacial score (nSPS) is 15.9. The highest BCUT2D eigenvalue weighted by Crippen LogP contribution is 2.23. The van der Waals surface area contributed by atoms with Gasteiger partial charge in [0.1, 0.15) is 0 Å². The Balaban J connectivity index is 1.73. The van der Waals surface area contributed by atoms with Crippen molar-refractivity contribution >= 4 is 27.3 Å². The van der Waals surface area contributed by atoms with Crippen LogP contribution in [0.1, 0.15) is 18.2 Å². The molecule has 0 bridgehead atoms. The molecule has 1 N–H and O–H groups in total. The van der Waals surface area contributed by atoms with Crippen LogP contribution in [0.25, 0.3) is 15.3 Å². The first-order chi connectivity index (χ1) is 12.1. The number of thiazole rings is 1. The second kappa shape index (κ2) is 6.45. The fraction of sp³-hybridized carbons (Fsp3) is 0.353. The molecule has 1 aliphatic rings. The highest BCUT2D eigenvalue weighted by Gasteiger charge is 2.18. The number of aromatic amines is 1. The number of ether oxygens (including phenoxy) is 1. The van der Waals surface area contributed by atoms with E-state index < -0.39 is 0 Å². The van der Waals surface area contributed by atoms with E-state index in [4.69, 9.17) is 4.74 Å². The number of hydrogen-bond donors (Lipinski definition) is 1. The number of nitrogens with zero attached hydrogens (tertiary/aromatic N) is 4. The fourth-order valence-electron chi connectivity index (χ4n) is 2.98. The summed E-state index contributed by atoms with van der Waals surface area (Å²) in [5.74, 6) is 0. The van der Waals surface area contributed by atoms with Gasteiger partial charge < -0.3 is 4.74 Å². The van der Waals surface area contributed by atoms with Crippen molar-refractivity contribution < 1.29 is 4.74 Å². The number of aromatic nitrogens is 3. The maximum atomic E-state index is 12.9. The first-order valence-corrected chi connectivity index (χ1v) is 9.01. The SMILES string of the molecule is CC(=NN1CCOCC1)c1c(C)[nH]n(-c2nc3ccccc3s2)c1=O. The quantitative estimate of drug-likeness (QED) is 0.729. The third-order valence-electron chi connectivity index (χ3n) is 4.19. The first kappa shape index (κ1) is 16.0. The maximum Gasteiger partial charge on any atom is 0.282 e. The molecule has 0 spiro atoms. The Morgan fingerprint density at radius 1 is 1.32 bits per heavy atom. The summed E-state index contributed by atoms with van der Waals surface area (Å²) in [6.07, 6.45) is 0. The van der Waals surface area contributed by atoms with E-state index in [0.717, 1.165) is 29.0 Å². The summed E-state index contributed by atoms with van der Waals surface area (Å²) in [6.45, 7) is 6.58. The molecule has 1 saturated heterocycles. The van der Waals surface area contributed by atoms with Gasteiger partial charge in [0.15, 0.2) is 0 Å². The van der Waals surface area contributed by atoms with Gasteiger partial charge in [-0.05, 0) is 26.0 Å². The lowest BCUT2D eigenvalue weighted by atomic mass is 10.2. The number of rotatable bonds is 3. The number of morpholine rings is 1.